The number of nitrogens with zero attached hydrogens (tertiary/aromatic N) is 13. The van der Waals surface area contributed by atoms with Crippen molar-refractivity contribution in [3.63, 3.8) is 0 Å². The summed E-state index contributed by atoms with van der Waals surface area (Å²) in [6, 6.07) is 18.0. The molecule has 20 nitrogen and oxygen atoms in total. The minimum atomic E-state index is -0.806. The summed E-state index contributed by atoms with van der Waals surface area (Å²) < 4.78 is 7.91. The number of piperidine rings is 2. The number of rotatable bonds is 14. The number of likely N-dealkylation sites (tertiary alicyclic amines) is 1. The number of amides is 2. The number of hydrogen-bond acceptors (Lipinski definition) is 18. The number of aryl methyl sites for hydroxylation is 1. The number of hydrogen-bond donors (Lipinski definition) is 4. The molecule has 0 saturated carbocycles. The Morgan fingerprint density at radius 3 is 2.29 bits per heavy atom. The average Bonchev–Trinajstić information content (AvgIpc) is 4.27. The third-order valence-electron chi connectivity index (χ3n) is 16.0. The first-order valence-electron chi connectivity index (χ1n) is 26.7. The van der Waals surface area contributed by atoms with E-state index in [9.17, 15) is 19.8 Å². The lowest BCUT2D eigenvalue weighted by Crippen LogP contribution is -2.49. The third-order valence-corrected chi connectivity index (χ3v) is 16.9. The smallest absolute Gasteiger partial charge is 0.243 e. The highest BCUT2D eigenvalue weighted by atomic mass is 32.1. The second kappa shape index (κ2) is 21.8. The van der Waals surface area contributed by atoms with Crippen molar-refractivity contribution in [2.75, 3.05) is 85.9 Å². The van der Waals surface area contributed by atoms with Gasteiger partial charge in [0.1, 0.15) is 17.7 Å². The van der Waals surface area contributed by atoms with Crippen molar-refractivity contribution in [3.8, 4) is 27.4 Å². The molecule has 5 N–H and O–H groups in total. The van der Waals surface area contributed by atoms with Crippen LogP contribution >= 0.6 is 11.3 Å². The molecule has 1 unspecified atom stereocenters. The number of aliphatic hydroxyl groups excluding tert-OH is 1. The molecular formula is C55H67N15O5S. The number of para-hydroxylation sites is 1. The van der Waals surface area contributed by atoms with E-state index in [0.29, 0.717) is 34.3 Å². The molecule has 9 heterocycles. The van der Waals surface area contributed by atoms with Gasteiger partial charge in [-0.05, 0) is 80.7 Å². The van der Waals surface area contributed by atoms with Crippen LogP contribution in [0.1, 0.15) is 87.9 Å². The first-order valence-corrected chi connectivity index (χ1v) is 27.6. The zero-order valence-electron chi connectivity index (χ0n) is 43.6. The van der Waals surface area contributed by atoms with Gasteiger partial charge in [-0.3, -0.25) is 19.2 Å². The number of carbonyl (C=O) groups excluding carboxylic acids is 2. The minimum absolute atomic E-state index is 0.0802. The first kappa shape index (κ1) is 50.9. The van der Waals surface area contributed by atoms with E-state index < -0.39 is 18.1 Å². The van der Waals surface area contributed by atoms with Gasteiger partial charge in [0.05, 0.1) is 63.6 Å². The number of carbonyl (C=O) groups is 2. The molecule has 0 radical (unpaired) electrons. The largest absolute Gasteiger partial charge is 0.507 e. The first-order chi connectivity index (χ1) is 36.8. The van der Waals surface area contributed by atoms with E-state index >= 15 is 0 Å². The topological polar surface area (TPSA) is 237 Å². The number of benzene rings is 2. The maximum atomic E-state index is 14.4. The van der Waals surface area contributed by atoms with Crippen LogP contribution in [0.3, 0.4) is 0 Å². The molecule has 4 atom stereocenters. The van der Waals surface area contributed by atoms with Gasteiger partial charge in [0.2, 0.25) is 17.8 Å². The summed E-state index contributed by atoms with van der Waals surface area (Å²) in [6.07, 6.45) is 7.00. The third kappa shape index (κ3) is 10.5. The average molecular weight is 1050 g/mol. The molecule has 4 saturated heterocycles. The maximum Gasteiger partial charge on any atom is 0.243 e. The monoisotopic (exact) mass is 1050 g/mol. The molecule has 2 amide bonds. The van der Waals surface area contributed by atoms with Crippen molar-refractivity contribution in [2.24, 2.45) is 11.8 Å². The van der Waals surface area contributed by atoms with Crippen LogP contribution in [0.2, 0.25) is 0 Å². The molecule has 4 aliphatic heterocycles. The number of nitrogens with two attached hydrogens (primary N) is 1. The van der Waals surface area contributed by atoms with Crippen molar-refractivity contribution in [3.05, 3.63) is 95.6 Å². The van der Waals surface area contributed by atoms with Gasteiger partial charge in [-0.15, -0.1) is 21.5 Å². The Morgan fingerprint density at radius 1 is 0.868 bits per heavy atom. The SMILES string of the molecule is Cc1ncsc1-c1ccc([C@H](C)NC(=O)[C@@H]2C[C@@H](O)CN2C(=O)C(c2cc(N3CCC(CN4CCN(c5cnc(N6CCC(n7nc(N)c8nnc(-c9ccccc9O)cc87)CC6)nc5)CC4)CC3)no2)C(C)C)cc1. The predicted molar refractivity (Wildman–Crippen MR) is 292 cm³/mol. The molecular weight excluding hydrogens is 983 g/mol. The zero-order valence-corrected chi connectivity index (χ0v) is 44.4. The highest BCUT2D eigenvalue weighted by molar-refractivity contribution is 7.13. The normalized spacial score (nSPS) is 20.0. The summed E-state index contributed by atoms with van der Waals surface area (Å²) in [4.78, 5) is 54.3. The number of aromatic hydroxyl groups is 1. The van der Waals surface area contributed by atoms with Gasteiger partial charge in [0.25, 0.3) is 0 Å². The van der Waals surface area contributed by atoms with Crippen LogP contribution in [0, 0.1) is 18.8 Å². The lowest BCUT2D eigenvalue weighted by atomic mass is 9.91. The number of fused-ring (bicyclic) bond motifs is 1. The van der Waals surface area contributed by atoms with E-state index in [-0.39, 0.29) is 48.5 Å². The van der Waals surface area contributed by atoms with Crippen molar-refractivity contribution >= 4 is 57.5 Å². The van der Waals surface area contributed by atoms with Crippen molar-refractivity contribution in [1.82, 2.24) is 55.2 Å². The van der Waals surface area contributed by atoms with Crippen LogP contribution in [0.4, 0.5) is 23.3 Å². The molecule has 398 valence electrons. The fourth-order valence-electron chi connectivity index (χ4n) is 11.6. The summed E-state index contributed by atoms with van der Waals surface area (Å²) in [5.41, 5.74) is 14.7. The van der Waals surface area contributed by atoms with Crippen LogP contribution in [-0.2, 0) is 9.59 Å². The lowest BCUT2D eigenvalue weighted by molar-refractivity contribution is -0.141. The zero-order chi connectivity index (χ0) is 52.6. The Morgan fingerprint density at radius 2 is 1.59 bits per heavy atom. The molecule has 5 aromatic heterocycles. The van der Waals surface area contributed by atoms with Crippen LogP contribution in [0.25, 0.3) is 32.7 Å². The molecule has 0 bridgehead atoms. The second-order valence-electron chi connectivity index (χ2n) is 21.3. The van der Waals surface area contributed by atoms with Crippen molar-refractivity contribution in [2.45, 2.75) is 89.9 Å². The second-order valence-corrected chi connectivity index (χ2v) is 22.2. The Bertz CT molecular complexity index is 3140. The number of thiazole rings is 1. The Hall–Kier alpha value is -7.23. The van der Waals surface area contributed by atoms with E-state index in [2.05, 4.69) is 50.4 Å². The Labute approximate surface area is 445 Å². The minimum Gasteiger partial charge on any atom is -0.507 e. The summed E-state index contributed by atoms with van der Waals surface area (Å²) in [7, 11) is 0. The molecule has 21 heteroatoms. The van der Waals surface area contributed by atoms with E-state index in [4.69, 9.17) is 20.2 Å². The van der Waals surface area contributed by atoms with Crippen LogP contribution in [-0.4, -0.2) is 150 Å². The van der Waals surface area contributed by atoms with Gasteiger partial charge in [0, 0.05) is 83.5 Å². The Kier molecular flexibility index (Phi) is 14.6. The Balaban J connectivity index is 0.631. The molecule has 11 rings (SSSR count). The van der Waals surface area contributed by atoms with Gasteiger partial charge >= 0.3 is 0 Å². The standard InChI is InChI=1S/C55H67N15O5S/c1-33(2)49(54(74)69-31-41(71)25-45(69)53(73)60-34(3)37-9-11-38(12-10-37)51-35(4)59-32-76-51)47-27-48(64-75-47)67-17-13-36(14-18-67)30-65-21-23-66(24-22-65)40-28-57-55(58-29-40)68-19-15-39(16-20-68)70-44-26-43(42-7-5-6-8-46(42)72)61-62-50(44)52(56)63-70/h5-12,26-29,32-34,36,39,41,45,49,71-72H,13-25,30-31H2,1-4H3,(H2,56,63)(H,60,73)/t34-,41+,45-,49?/m0/s1. The van der Waals surface area contributed by atoms with Crippen LogP contribution in [0.15, 0.2) is 83.1 Å². The summed E-state index contributed by atoms with van der Waals surface area (Å²) in [6.45, 7) is 16.0. The summed E-state index contributed by atoms with van der Waals surface area (Å²) >= 11 is 1.60. The lowest BCUT2D eigenvalue weighted by Gasteiger charge is -2.39. The van der Waals surface area contributed by atoms with E-state index in [1.54, 1.807) is 23.5 Å². The number of nitrogen functional groups attached to an aromatic ring is 1. The highest BCUT2D eigenvalue weighted by Crippen LogP contribution is 2.36. The maximum absolute atomic E-state index is 14.4. The number of phenols is 1. The quantitative estimate of drug-likeness (QED) is 0.0916. The molecule has 0 aliphatic carbocycles. The van der Waals surface area contributed by atoms with Gasteiger partial charge in [-0.25, -0.2) is 15.0 Å². The molecule has 4 fully saturated rings. The number of β-amino-alcohol motifs (C(OH)–C–C–N with tert-alkyl or cyclic N) is 1. The molecule has 7 aromatic rings. The fraction of sp³-hybridized carbons (Fsp3) is 0.473. The number of aromatic nitrogens is 8. The van der Waals surface area contributed by atoms with Crippen molar-refractivity contribution in [1.29, 1.82) is 0 Å². The van der Waals surface area contributed by atoms with E-state index in [0.717, 1.165) is 129 Å². The number of nitrogens with one attached hydrogen (secondary N) is 1. The van der Waals surface area contributed by atoms with E-state index in [1.807, 2.05) is 98.8 Å². The number of piperazine rings is 1. The van der Waals surface area contributed by atoms with Gasteiger partial charge in [-0.1, -0.05) is 55.4 Å². The fourth-order valence-corrected chi connectivity index (χ4v) is 12.4. The predicted octanol–water partition coefficient (Wildman–Crippen LogP) is 6.45. The van der Waals surface area contributed by atoms with Gasteiger partial charge < -0.3 is 45.4 Å². The van der Waals surface area contributed by atoms with Crippen LogP contribution < -0.4 is 25.8 Å². The number of aliphatic hydroxyl groups is 1. The van der Waals surface area contributed by atoms with Gasteiger partial charge in [0.15, 0.2) is 22.9 Å². The van der Waals surface area contributed by atoms with Crippen molar-refractivity contribution < 1.29 is 24.3 Å². The van der Waals surface area contributed by atoms with E-state index in [1.165, 1.54) is 4.90 Å². The highest BCUT2D eigenvalue weighted by Gasteiger charge is 2.44. The molecule has 0 spiro atoms. The summed E-state index contributed by atoms with van der Waals surface area (Å²) in [5.74, 6) is 1.65. The molecule has 76 heavy (non-hydrogen) atoms. The number of phenolic OH excluding ortho intramolecular Hbond substituents is 1. The molecule has 4 aliphatic rings. The number of anilines is 4. The molecule has 2 aromatic carbocycles. The van der Waals surface area contributed by atoms with Crippen LogP contribution in [0.5, 0.6) is 5.75 Å². The summed E-state index contributed by atoms with van der Waals surface area (Å²) in [5, 5.41) is 42.2. The van der Waals surface area contributed by atoms with Gasteiger partial charge in [-0.2, -0.15) is 5.10 Å².